The van der Waals surface area contributed by atoms with Gasteiger partial charge in [-0.05, 0) is 36.2 Å². The number of halogens is 3. The fraction of sp³-hybridized carbons (Fsp3) is 0.350. The number of rotatable bonds is 6. The van der Waals surface area contributed by atoms with Crippen molar-refractivity contribution in [2.24, 2.45) is 11.7 Å². The molecule has 1 amide bonds. The minimum Gasteiger partial charge on any atom is -0.330 e. The van der Waals surface area contributed by atoms with Crippen molar-refractivity contribution in [2.45, 2.75) is 12.3 Å². The summed E-state index contributed by atoms with van der Waals surface area (Å²) >= 11 is 12.1. The lowest BCUT2D eigenvalue weighted by Gasteiger charge is -2.17. The molecule has 1 aliphatic heterocycles. The molecule has 0 aromatic heterocycles. The van der Waals surface area contributed by atoms with Crippen LogP contribution in [-0.4, -0.2) is 37.0 Å². The highest BCUT2D eigenvalue weighted by molar-refractivity contribution is 6.35. The van der Waals surface area contributed by atoms with Gasteiger partial charge >= 0.3 is 0 Å². The Kier molecular flexibility index (Phi) is 8.39. The molecular weight excluding hydrogens is 405 g/mol. The van der Waals surface area contributed by atoms with Gasteiger partial charge in [-0.2, -0.15) is 0 Å². The van der Waals surface area contributed by atoms with Gasteiger partial charge in [-0.3, -0.25) is 4.79 Å². The van der Waals surface area contributed by atoms with Crippen LogP contribution >= 0.6 is 35.6 Å². The van der Waals surface area contributed by atoms with Crippen molar-refractivity contribution in [1.29, 1.82) is 0 Å². The zero-order valence-electron chi connectivity index (χ0n) is 14.9. The van der Waals surface area contributed by atoms with Crippen molar-refractivity contribution < 1.29 is 4.79 Å². The zero-order chi connectivity index (χ0) is 18.5. The summed E-state index contributed by atoms with van der Waals surface area (Å²) in [6, 6.07) is 15.5. The van der Waals surface area contributed by atoms with Crippen LogP contribution in [0.15, 0.2) is 48.5 Å². The highest BCUT2D eigenvalue weighted by atomic mass is 35.5. The number of benzene rings is 2. The summed E-state index contributed by atoms with van der Waals surface area (Å²) in [6.45, 7) is 3.20. The Bertz CT molecular complexity index is 757. The number of likely N-dealkylation sites (tertiary alicyclic amines) is 1. The second kappa shape index (κ2) is 10.3. The van der Waals surface area contributed by atoms with E-state index in [2.05, 4.69) is 34.5 Å². The monoisotopic (exact) mass is 427 g/mol. The molecule has 1 aliphatic rings. The topological polar surface area (TPSA) is 58.4 Å². The van der Waals surface area contributed by atoms with Crippen LogP contribution < -0.4 is 11.1 Å². The van der Waals surface area contributed by atoms with Crippen LogP contribution in [-0.2, 0) is 4.79 Å². The van der Waals surface area contributed by atoms with E-state index in [0.717, 1.165) is 13.1 Å². The van der Waals surface area contributed by atoms with E-state index in [-0.39, 0.29) is 18.3 Å². The van der Waals surface area contributed by atoms with Crippen molar-refractivity contribution in [3.8, 4) is 0 Å². The standard InChI is InChI=1S/C20H23Cl2N3O.ClH/c21-16-6-7-18(22)19(10-16)24-20(26)8-9-25-12-15(11-23)17(13-25)14-4-2-1-3-5-14;/h1-7,10,15,17H,8-9,11-13,23H2,(H,24,26);1H/t15-,17+;/m1./s1. The zero-order valence-corrected chi connectivity index (χ0v) is 17.2. The summed E-state index contributed by atoms with van der Waals surface area (Å²) in [6.07, 6.45) is 0.404. The number of nitrogens with zero attached hydrogens (tertiary/aromatic N) is 1. The molecule has 0 radical (unpaired) electrons. The molecule has 0 spiro atoms. The van der Waals surface area contributed by atoms with E-state index < -0.39 is 0 Å². The first-order valence-electron chi connectivity index (χ1n) is 8.79. The maximum absolute atomic E-state index is 12.3. The van der Waals surface area contributed by atoms with Gasteiger partial charge in [0.1, 0.15) is 0 Å². The third kappa shape index (κ3) is 5.84. The van der Waals surface area contributed by atoms with E-state index in [9.17, 15) is 4.79 Å². The molecule has 0 saturated carbocycles. The summed E-state index contributed by atoms with van der Waals surface area (Å²) in [4.78, 5) is 14.6. The van der Waals surface area contributed by atoms with Gasteiger partial charge in [0, 0.05) is 37.0 Å². The highest BCUT2D eigenvalue weighted by Crippen LogP contribution is 2.32. The fourth-order valence-corrected chi connectivity index (χ4v) is 3.86. The maximum Gasteiger partial charge on any atom is 0.225 e. The molecule has 2 aromatic carbocycles. The lowest BCUT2D eigenvalue weighted by molar-refractivity contribution is -0.116. The summed E-state index contributed by atoms with van der Waals surface area (Å²) in [5.74, 6) is 0.774. The van der Waals surface area contributed by atoms with Gasteiger partial charge in [0.15, 0.2) is 0 Å². The number of carbonyl (C=O) groups excluding carboxylic acids is 1. The lowest BCUT2D eigenvalue weighted by atomic mass is 9.89. The predicted octanol–water partition coefficient (Wildman–Crippen LogP) is 4.42. The number of hydrogen-bond acceptors (Lipinski definition) is 3. The molecule has 2 atom stereocenters. The van der Waals surface area contributed by atoms with Gasteiger partial charge in [0.05, 0.1) is 10.7 Å². The summed E-state index contributed by atoms with van der Waals surface area (Å²) in [5, 5.41) is 3.86. The van der Waals surface area contributed by atoms with Gasteiger partial charge in [0.25, 0.3) is 0 Å². The van der Waals surface area contributed by atoms with Crippen LogP contribution in [0, 0.1) is 5.92 Å². The van der Waals surface area contributed by atoms with Crippen LogP contribution in [0.3, 0.4) is 0 Å². The normalized spacial score (nSPS) is 19.5. The summed E-state index contributed by atoms with van der Waals surface area (Å²) < 4.78 is 0. The second-order valence-electron chi connectivity index (χ2n) is 6.69. The number of anilines is 1. The van der Waals surface area contributed by atoms with Crippen LogP contribution in [0.5, 0.6) is 0 Å². The van der Waals surface area contributed by atoms with E-state index >= 15 is 0 Å². The van der Waals surface area contributed by atoms with Gasteiger partial charge in [-0.25, -0.2) is 0 Å². The van der Waals surface area contributed by atoms with Crippen LogP contribution in [0.2, 0.25) is 10.0 Å². The third-order valence-corrected chi connectivity index (χ3v) is 5.47. The van der Waals surface area contributed by atoms with E-state index in [0.29, 0.717) is 47.1 Å². The Morgan fingerprint density at radius 2 is 1.89 bits per heavy atom. The molecule has 1 saturated heterocycles. The number of nitrogens with two attached hydrogens (primary N) is 1. The Hall–Kier alpha value is -1.30. The lowest BCUT2D eigenvalue weighted by Crippen LogP contribution is -2.27. The fourth-order valence-electron chi connectivity index (χ4n) is 3.53. The first-order chi connectivity index (χ1) is 12.6. The second-order valence-corrected chi connectivity index (χ2v) is 7.54. The van der Waals surface area contributed by atoms with E-state index in [1.54, 1.807) is 18.2 Å². The van der Waals surface area contributed by atoms with E-state index in [1.807, 2.05) is 6.07 Å². The van der Waals surface area contributed by atoms with Crippen molar-refractivity contribution in [2.75, 3.05) is 31.5 Å². The molecule has 0 aliphatic carbocycles. The van der Waals surface area contributed by atoms with Gasteiger partial charge < -0.3 is 16.0 Å². The average Bonchev–Trinajstić information content (AvgIpc) is 3.07. The van der Waals surface area contributed by atoms with Crippen molar-refractivity contribution >= 4 is 47.2 Å². The summed E-state index contributed by atoms with van der Waals surface area (Å²) in [7, 11) is 0. The molecule has 0 unspecified atom stereocenters. The first-order valence-corrected chi connectivity index (χ1v) is 9.54. The molecule has 7 heteroatoms. The molecule has 0 bridgehead atoms. The van der Waals surface area contributed by atoms with E-state index in [4.69, 9.17) is 28.9 Å². The minimum atomic E-state index is -0.0679. The molecular formula is C20H24Cl3N3O. The molecule has 146 valence electrons. The number of carbonyl (C=O) groups is 1. The van der Waals surface area contributed by atoms with Crippen LogP contribution in [0.25, 0.3) is 0 Å². The Morgan fingerprint density at radius 1 is 1.15 bits per heavy atom. The van der Waals surface area contributed by atoms with Gasteiger partial charge in [0.2, 0.25) is 5.91 Å². The largest absolute Gasteiger partial charge is 0.330 e. The van der Waals surface area contributed by atoms with Crippen molar-refractivity contribution in [3.63, 3.8) is 0 Å². The quantitative estimate of drug-likeness (QED) is 0.716. The number of hydrogen-bond donors (Lipinski definition) is 2. The Balaban J connectivity index is 0.00000261. The van der Waals surface area contributed by atoms with Crippen molar-refractivity contribution in [1.82, 2.24) is 4.90 Å². The SMILES string of the molecule is Cl.NC[C@@H]1CN(CCC(=O)Nc2cc(Cl)ccc2Cl)C[C@H]1c1ccccc1. The molecule has 1 fully saturated rings. The number of amides is 1. The third-order valence-electron chi connectivity index (χ3n) is 4.90. The smallest absolute Gasteiger partial charge is 0.225 e. The molecule has 2 aromatic rings. The maximum atomic E-state index is 12.3. The minimum absolute atomic E-state index is 0. The first kappa shape index (κ1) is 22.0. The van der Waals surface area contributed by atoms with Gasteiger partial charge in [-0.15, -0.1) is 12.4 Å². The highest BCUT2D eigenvalue weighted by Gasteiger charge is 2.32. The molecule has 3 N–H and O–H groups in total. The van der Waals surface area contributed by atoms with E-state index in [1.165, 1.54) is 5.56 Å². The molecule has 3 rings (SSSR count). The Morgan fingerprint density at radius 3 is 2.59 bits per heavy atom. The van der Waals surface area contributed by atoms with Crippen molar-refractivity contribution in [3.05, 3.63) is 64.1 Å². The molecule has 27 heavy (non-hydrogen) atoms. The molecule has 1 heterocycles. The average molecular weight is 429 g/mol. The van der Waals surface area contributed by atoms with Gasteiger partial charge in [-0.1, -0.05) is 53.5 Å². The number of nitrogens with one attached hydrogen (secondary N) is 1. The predicted molar refractivity (Wildman–Crippen MR) is 115 cm³/mol. The Labute approximate surface area is 176 Å². The summed E-state index contributed by atoms with van der Waals surface area (Å²) in [5.41, 5.74) is 7.85. The van der Waals surface area contributed by atoms with Crippen LogP contribution in [0.4, 0.5) is 5.69 Å². The molecule has 4 nitrogen and oxygen atoms in total. The van der Waals surface area contributed by atoms with Crippen LogP contribution in [0.1, 0.15) is 17.9 Å².